The van der Waals surface area contributed by atoms with Crippen molar-refractivity contribution in [2.24, 2.45) is 0 Å². The average Bonchev–Trinajstić information content (AvgIpc) is 3.08. The van der Waals surface area contributed by atoms with Crippen LogP contribution in [0.25, 0.3) is 0 Å². The molecule has 0 saturated heterocycles. The number of nitrogens with one attached hydrogen (secondary N) is 1. The number of Topliss-reactive ketones (excluding diaryl/α,β-unsaturated/α-hetero) is 1. The van der Waals surface area contributed by atoms with Crippen LogP contribution in [0.1, 0.15) is 31.0 Å². The van der Waals surface area contributed by atoms with Crippen molar-refractivity contribution in [1.82, 2.24) is 14.8 Å². The summed E-state index contributed by atoms with van der Waals surface area (Å²) in [6, 6.07) is 13.3. The van der Waals surface area contributed by atoms with Crippen molar-refractivity contribution in [1.29, 1.82) is 0 Å². The fourth-order valence-electron chi connectivity index (χ4n) is 3.39. The van der Waals surface area contributed by atoms with Gasteiger partial charge in [-0.15, -0.1) is 5.10 Å². The molecule has 1 N–H and O–H groups in total. The first-order chi connectivity index (χ1) is 13.9. The SMILES string of the molecule is CC(=O)C1=C(C)Nc2nc(SCc3ccccc3Cl)nn2C1c1cccc(F)c1. The van der Waals surface area contributed by atoms with Crippen molar-refractivity contribution in [3.63, 3.8) is 0 Å². The highest BCUT2D eigenvalue weighted by atomic mass is 35.5. The summed E-state index contributed by atoms with van der Waals surface area (Å²) in [5.41, 5.74) is 2.86. The largest absolute Gasteiger partial charge is 0.328 e. The third-order valence-electron chi connectivity index (χ3n) is 4.69. The van der Waals surface area contributed by atoms with E-state index in [-0.39, 0.29) is 11.6 Å². The molecule has 29 heavy (non-hydrogen) atoms. The highest BCUT2D eigenvalue weighted by Gasteiger charge is 2.32. The van der Waals surface area contributed by atoms with Crippen LogP contribution in [0.4, 0.5) is 10.3 Å². The molecule has 1 aromatic heterocycles. The number of rotatable bonds is 5. The van der Waals surface area contributed by atoms with Crippen LogP contribution in [0.5, 0.6) is 0 Å². The minimum atomic E-state index is -0.540. The molecule has 1 aliphatic heterocycles. The van der Waals surface area contributed by atoms with Crippen LogP contribution in [0.15, 0.2) is 65.0 Å². The third kappa shape index (κ3) is 3.93. The number of aromatic nitrogens is 3. The molecule has 2 heterocycles. The van der Waals surface area contributed by atoms with Gasteiger partial charge >= 0.3 is 0 Å². The summed E-state index contributed by atoms with van der Waals surface area (Å²) in [6.45, 7) is 3.32. The Morgan fingerprint density at radius 1 is 1.28 bits per heavy atom. The predicted molar refractivity (Wildman–Crippen MR) is 113 cm³/mol. The van der Waals surface area contributed by atoms with E-state index in [1.165, 1.54) is 30.8 Å². The summed E-state index contributed by atoms with van der Waals surface area (Å²) in [4.78, 5) is 16.9. The first-order valence-corrected chi connectivity index (χ1v) is 10.4. The lowest BCUT2D eigenvalue weighted by atomic mass is 9.93. The van der Waals surface area contributed by atoms with Gasteiger partial charge in [-0.05, 0) is 43.2 Å². The Morgan fingerprint density at radius 2 is 2.07 bits per heavy atom. The molecule has 2 aromatic carbocycles. The van der Waals surface area contributed by atoms with Gasteiger partial charge in [0.2, 0.25) is 11.1 Å². The number of anilines is 1. The highest BCUT2D eigenvalue weighted by Crippen LogP contribution is 2.37. The molecule has 1 atom stereocenters. The van der Waals surface area contributed by atoms with Crippen LogP contribution < -0.4 is 5.32 Å². The number of nitrogens with zero attached hydrogens (tertiary/aromatic N) is 3. The number of ketones is 1. The van der Waals surface area contributed by atoms with Crippen molar-refractivity contribution in [3.05, 3.63) is 81.8 Å². The van der Waals surface area contributed by atoms with E-state index < -0.39 is 6.04 Å². The molecule has 0 saturated carbocycles. The van der Waals surface area contributed by atoms with E-state index in [9.17, 15) is 9.18 Å². The number of allylic oxidation sites excluding steroid dienone is 2. The molecular weight excluding hydrogens is 411 g/mol. The second kappa shape index (κ2) is 8.00. The van der Waals surface area contributed by atoms with Crippen LogP contribution in [0.3, 0.4) is 0 Å². The van der Waals surface area contributed by atoms with Gasteiger partial charge < -0.3 is 5.32 Å². The summed E-state index contributed by atoms with van der Waals surface area (Å²) in [5, 5.41) is 8.99. The number of hydrogen-bond acceptors (Lipinski definition) is 5. The molecule has 8 heteroatoms. The number of halogens is 2. The lowest BCUT2D eigenvalue weighted by Crippen LogP contribution is -2.27. The minimum absolute atomic E-state index is 0.101. The van der Waals surface area contributed by atoms with Gasteiger partial charge in [0.1, 0.15) is 11.9 Å². The Balaban J connectivity index is 1.70. The molecular formula is C21H18ClFN4OS. The van der Waals surface area contributed by atoms with Crippen molar-refractivity contribution in [2.45, 2.75) is 30.8 Å². The molecule has 1 aliphatic rings. The second-order valence-electron chi connectivity index (χ2n) is 6.72. The molecule has 0 fully saturated rings. The highest BCUT2D eigenvalue weighted by molar-refractivity contribution is 7.98. The Hall–Kier alpha value is -2.64. The van der Waals surface area contributed by atoms with E-state index in [1.807, 2.05) is 31.2 Å². The number of carbonyl (C=O) groups is 1. The average molecular weight is 429 g/mol. The number of carbonyl (C=O) groups excluding carboxylic acids is 1. The number of benzene rings is 2. The standard InChI is InChI=1S/C21H18ClFN4OS/c1-12-18(13(2)28)19(14-7-5-8-16(23)10-14)27-20(24-12)25-21(26-27)29-11-15-6-3-4-9-17(15)22/h3-10,19H,11H2,1-2H3,(H,24,25,26). The summed E-state index contributed by atoms with van der Waals surface area (Å²) in [7, 11) is 0. The van der Waals surface area contributed by atoms with Crippen molar-refractivity contribution in [2.75, 3.05) is 5.32 Å². The first-order valence-electron chi connectivity index (χ1n) is 9.01. The van der Waals surface area contributed by atoms with Crippen LogP contribution in [-0.4, -0.2) is 20.5 Å². The van der Waals surface area contributed by atoms with E-state index in [1.54, 1.807) is 16.8 Å². The van der Waals surface area contributed by atoms with Gasteiger partial charge in [-0.3, -0.25) is 4.79 Å². The Kier molecular flexibility index (Phi) is 5.43. The van der Waals surface area contributed by atoms with Crippen molar-refractivity contribution >= 4 is 35.1 Å². The van der Waals surface area contributed by atoms with Gasteiger partial charge in [-0.25, -0.2) is 9.07 Å². The van der Waals surface area contributed by atoms with E-state index >= 15 is 0 Å². The quantitative estimate of drug-likeness (QED) is 0.563. The monoisotopic (exact) mass is 428 g/mol. The fourth-order valence-corrected chi connectivity index (χ4v) is 4.51. The van der Waals surface area contributed by atoms with Gasteiger partial charge in [-0.1, -0.05) is 53.7 Å². The lowest BCUT2D eigenvalue weighted by molar-refractivity contribution is -0.114. The number of fused-ring (bicyclic) bond motifs is 1. The molecule has 0 bridgehead atoms. The third-order valence-corrected chi connectivity index (χ3v) is 5.95. The van der Waals surface area contributed by atoms with E-state index in [4.69, 9.17) is 11.6 Å². The minimum Gasteiger partial charge on any atom is -0.328 e. The molecule has 4 rings (SSSR count). The Bertz CT molecular complexity index is 1130. The van der Waals surface area contributed by atoms with Crippen LogP contribution in [-0.2, 0) is 10.5 Å². The zero-order chi connectivity index (χ0) is 20.5. The zero-order valence-electron chi connectivity index (χ0n) is 15.8. The van der Waals surface area contributed by atoms with Crippen molar-refractivity contribution < 1.29 is 9.18 Å². The summed E-state index contributed by atoms with van der Waals surface area (Å²) < 4.78 is 15.5. The summed E-state index contributed by atoms with van der Waals surface area (Å²) in [6.07, 6.45) is 0. The predicted octanol–water partition coefficient (Wildman–Crippen LogP) is 5.24. The maximum Gasteiger partial charge on any atom is 0.227 e. The second-order valence-corrected chi connectivity index (χ2v) is 8.07. The summed E-state index contributed by atoms with van der Waals surface area (Å²) >= 11 is 7.68. The van der Waals surface area contributed by atoms with Crippen LogP contribution >= 0.6 is 23.4 Å². The normalized spacial score (nSPS) is 15.8. The maximum absolute atomic E-state index is 13.9. The van der Waals surface area contributed by atoms with Crippen molar-refractivity contribution in [3.8, 4) is 0 Å². The van der Waals surface area contributed by atoms with Gasteiger partial charge in [0.05, 0.1) is 0 Å². The molecule has 0 spiro atoms. The Labute approximate surface area is 177 Å². The zero-order valence-corrected chi connectivity index (χ0v) is 17.4. The molecule has 3 aromatic rings. The molecule has 1 unspecified atom stereocenters. The van der Waals surface area contributed by atoms with Gasteiger partial charge in [0, 0.05) is 22.0 Å². The van der Waals surface area contributed by atoms with Gasteiger partial charge in [-0.2, -0.15) is 4.98 Å². The number of hydrogen-bond donors (Lipinski definition) is 1. The van der Waals surface area contributed by atoms with Crippen LogP contribution in [0.2, 0.25) is 5.02 Å². The molecule has 0 amide bonds. The fraction of sp³-hybridized carbons (Fsp3) is 0.190. The molecule has 0 aliphatic carbocycles. The van der Waals surface area contributed by atoms with E-state index in [2.05, 4.69) is 15.4 Å². The Morgan fingerprint density at radius 3 is 2.79 bits per heavy atom. The number of thioether (sulfide) groups is 1. The molecule has 0 radical (unpaired) electrons. The van der Waals surface area contributed by atoms with Crippen LogP contribution in [0, 0.1) is 5.82 Å². The van der Waals surface area contributed by atoms with E-state index in [0.717, 1.165) is 5.56 Å². The molecule has 5 nitrogen and oxygen atoms in total. The maximum atomic E-state index is 13.9. The molecule has 148 valence electrons. The lowest BCUT2D eigenvalue weighted by Gasteiger charge is -2.28. The van der Waals surface area contributed by atoms with Gasteiger partial charge in [0.15, 0.2) is 5.78 Å². The topological polar surface area (TPSA) is 59.8 Å². The first kappa shape index (κ1) is 19.7. The van der Waals surface area contributed by atoms with E-state index in [0.29, 0.717) is 38.7 Å². The smallest absolute Gasteiger partial charge is 0.227 e. The van der Waals surface area contributed by atoms with Gasteiger partial charge in [0.25, 0.3) is 0 Å². The summed E-state index contributed by atoms with van der Waals surface area (Å²) in [5.74, 6) is 0.662.